The molecule has 0 bridgehead atoms. The highest BCUT2D eigenvalue weighted by Crippen LogP contribution is 2.42. The van der Waals surface area contributed by atoms with Crippen molar-refractivity contribution < 1.29 is 19.9 Å². The Morgan fingerprint density at radius 3 is 2.54 bits per heavy atom. The van der Waals surface area contributed by atoms with Crippen molar-refractivity contribution in [3.8, 4) is 0 Å². The van der Waals surface area contributed by atoms with E-state index in [9.17, 15) is 9.90 Å². The quantitative estimate of drug-likeness (QED) is 0.391. The molecule has 1 unspecified atom stereocenters. The fraction of sp³-hybridized carbons (Fsp3) is 0.476. The molecule has 0 amide bonds. The van der Waals surface area contributed by atoms with E-state index in [0.29, 0.717) is 19.3 Å². The maximum atomic E-state index is 11.9. The zero-order chi connectivity index (χ0) is 20.3. The van der Waals surface area contributed by atoms with Gasteiger partial charge in [0.2, 0.25) is 0 Å². The highest BCUT2D eigenvalue weighted by atomic mass is 16.4. The Hall–Kier alpha value is -2.09. The van der Waals surface area contributed by atoms with E-state index in [1.807, 2.05) is 18.2 Å². The summed E-state index contributed by atoms with van der Waals surface area (Å²) in [6.45, 7) is 0. The first-order valence-corrected chi connectivity index (χ1v) is 9.92. The molecule has 0 saturated heterocycles. The average molecular weight is 384 g/mol. The fourth-order valence-electron chi connectivity index (χ4n) is 4.27. The van der Waals surface area contributed by atoms with Gasteiger partial charge in [-0.05, 0) is 43.0 Å². The van der Waals surface area contributed by atoms with Gasteiger partial charge in [0.05, 0.1) is 0 Å². The summed E-state index contributed by atoms with van der Waals surface area (Å²) in [6.07, 6.45) is 3.20. The number of carbonyl (C=O) groups is 1. The standard InChI is InChI=1S/C21H29BN2O4/c1-24(19-10-6-8-15-7-2-3-9-18(15)19)17-13-16(14-17)21(23,20(25)26)11-4-5-12-22(27)28/h2-3,6-10,16-17,27-28H,4-5,11-14,23H2,1H3,(H,25,26). The summed E-state index contributed by atoms with van der Waals surface area (Å²) < 4.78 is 0. The molecule has 0 spiro atoms. The number of unbranched alkanes of at least 4 members (excludes halogenated alkanes) is 1. The predicted octanol–water partition coefficient (Wildman–Crippen LogP) is 2.48. The van der Waals surface area contributed by atoms with Gasteiger partial charge in [-0.15, -0.1) is 0 Å². The van der Waals surface area contributed by atoms with Crippen LogP contribution in [0.15, 0.2) is 42.5 Å². The monoisotopic (exact) mass is 384 g/mol. The van der Waals surface area contributed by atoms with Crippen molar-refractivity contribution in [3.05, 3.63) is 42.5 Å². The third-order valence-corrected chi connectivity index (χ3v) is 6.24. The number of nitrogens with zero attached hydrogens (tertiary/aromatic N) is 1. The molecule has 0 heterocycles. The van der Waals surface area contributed by atoms with E-state index in [0.717, 1.165) is 18.5 Å². The van der Waals surface area contributed by atoms with Gasteiger partial charge in [0.1, 0.15) is 5.54 Å². The van der Waals surface area contributed by atoms with Crippen LogP contribution in [0.2, 0.25) is 6.32 Å². The van der Waals surface area contributed by atoms with Crippen LogP contribution in [0.3, 0.4) is 0 Å². The number of anilines is 1. The molecular weight excluding hydrogens is 355 g/mol. The van der Waals surface area contributed by atoms with E-state index in [1.54, 1.807) is 0 Å². The molecular formula is C21H29BN2O4. The predicted molar refractivity (Wildman–Crippen MR) is 112 cm³/mol. The van der Waals surface area contributed by atoms with E-state index in [4.69, 9.17) is 15.8 Å². The lowest BCUT2D eigenvalue weighted by atomic mass is 9.65. The van der Waals surface area contributed by atoms with Gasteiger partial charge >= 0.3 is 13.1 Å². The largest absolute Gasteiger partial charge is 0.480 e. The second kappa shape index (κ2) is 8.51. The molecule has 1 aliphatic rings. The minimum absolute atomic E-state index is 0.0773. The summed E-state index contributed by atoms with van der Waals surface area (Å²) in [4.78, 5) is 14.1. The van der Waals surface area contributed by atoms with Crippen LogP contribution in [0.1, 0.15) is 32.1 Å². The second-order valence-electron chi connectivity index (χ2n) is 8.00. The number of fused-ring (bicyclic) bond motifs is 1. The van der Waals surface area contributed by atoms with Gasteiger partial charge in [0, 0.05) is 24.2 Å². The Labute approximate surface area is 166 Å². The number of rotatable bonds is 9. The molecule has 3 rings (SSSR count). The molecule has 1 fully saturated rings. The van der Waals surface area contributed by atoms with E-state index in [1.165, 1.54) is 10.8 Å². The molecule has 1 aliphatic carbocycles. The molecule has 5 N–H and O–H groups in total. The van der Waals surface area contributed by atoms with Crippen molar-refractivity contribution in [3.63, 3.8) is 0 Å². The van der Waals surface area contributed by atoms with Crippen molar-refractivity contribution >= 4 is 29.5 Å². The van der Waals surface area contributed by atoms with Gasteiger partial charge in [-0.2, -0.15) is 0 Å². The number of carboxylic acids is 1. The first kappa shape index (κ1) is 20.6. The summed E-state index contributed by atoms with van der Waals surface area (Å²) >= 11 is 0. The first-order valence-electron chi connectivity index (χ1n) is 9.92. The maximum absolute atomic E-state index is 11.9. The molecule has 6 nitrogen and oxygen atoms in total. The highest BCUT2D eigenvalue weighted by molar-refractivity contribution is 6.40. The van der Waals surface area contributed by atoms with Crippen molar-refractivity contribution in [1.29, 1.82) is 0 Å². The second-order valence-corrected chi connectivity index (χ2v) is 8.00. The van der Waals surface area contributed by atoms with Crippen molar-refractivity contribution in [1.82, 2.24) is 0 Å². The van der Waals surface area contributed by atoms with Gasteiger partial charge in [-0.1, -0.05) is 49.2 Å². The Morgan fingerprint density at radius 2 is 1.86 bits per heavy atom. The van der Waals surface area contributed by atoms with Crippen LogP contribution in [0.25, 0.3) is 10.8 Å². The van der Waals surface area contributed by atoms with Gasteiger partial charge < -0.3 is 25.8 Å². The number of hydrogen-bond acceptors (Lipinski definition) is 5. The minimum Gasteiger partial charge on any atom is -0.480 e. The Bertz CT molecular complexity index is 820. The molecule has 28 heavy (non-hydrogen) atoms. The van der Waals surface area contributed by atoms with Gasteiger partial charge in [0.25, 0.3) is 0 Å². The number of hydrogen-bond donors (Lipinski definition) is 4. The SMILES string of the molecule is CN(c1cccc2ccccc12)C1CC(C(N)(CCCCB(O)O)C(=O)O)C1. The number of carboxylic acid groups (broad SMARTS) is 1. The lowest BCUT2D eigenvalue weighted by Crippen LogP contribution is -2.61. The lowest BCUT2D eigenvalue weighted by Gasteiger charge is -2.48. The first-order chi connectivity index (χ1) is 13.3. The summed E-state index contributed by atoms with van der Waals surface area (Å²) in [5, 5.41) is 30.0. The van der Waals surface area contributed by atoms with Crippen LogP contribution >= 0.6 is 0 Å². The molecule has 0 aromatic heterocycles. The molecule has 2 aromatic carbocycles. The third-order valence-electron chi connectivity index (χ3n) is 6.24. The van der Waals surface area contributed by atoms with E-state index in [-0.39, 0.29) is 18.3 Å². The highest BCUT2D eigenvalue weighted by Gasteiger charge is 2.49. The summed E-state index contributed by atoms with van der Waals surface area (Å²) in [5.41, 5.74) is 6.21. The van der Waals surface area contributed by atoms with Crippen LogP contribution in [0.4, 0.5) is 5.69 Å². The molecule has 1 atom stereocenters. The number of nitrogens with two attached hydrogens (primary N) is 1. The van der Waals surface area contributed by atoms with Crippen LogP contribution in [0, 0.1) is 5.92 Å². The Balaban J connectivity index is 1.64. The van der Waals surface area contributed by atoms with E-state index < -0.39 is 18.6 Å². The van der Waals surface area contributed by atoms with E-state index in [2.05, 4.69) is 36.2 Å². The summed E-state index contributed by atoms with van der Waals surface area (Å²) in [5.74, 6) is -1.04. The van der Waals surface area contributed by atoms with Crippen molar-refractivity contribution in [2.45, 2.75) is 50.0 Å². The van der Waals surface area contributed by atoms with Crippen molar-refractivity contribution in [2.75, 3.05) is 11.9 Å². The van der Waals surface area contributed by atoms with Crippen LogP contribution in [-0.2, 0) is 4.79 Å². The van der Waals surface area contributed by atoms with Gasteiger partial charge in [-0.3, -0.25) is 4.79 Å². The number of aliphatic carboxylic acids is 1. The Morgan fingerprint density at radius 1 is 1.18 bits per heavy atom. The smallest absolute Gasteiger partial charge is 0.451 e. The van der Waals surface area contributed by atoms with Gasteiger partial charge in [-0.25, -0.2) is 0 Å². The average Bonchev–Trinajstić information content (AvgIpc) is 2.63. The molecule has 0 radical (unpaired) electrons. The maximum Gasteiger partial charge on any atom is 0.451 e. The molecule has 150 valence electrons. The third kappa shape index (κ3) is 4.16. The van der Waals surface area contributed by atoms with Crippen molar-refractivity contribution in [2.24, 2.45) is 11.7 Å². The molecule has 2 aromatic rings. The summed E-state index contributed by atoms with van der Waals surface area (Å²) in [6, 6.07) is 14.8. The van der Waals surface area contributed by atoms with Gasteiger partial charge in [0.15, 0.2) is 0 Å². The zero-order valence-corrected chi connectivity index (χ0v) is 16.3. The zero-order valence-electron chi connectivity index (χ0n) is 16.3. The van der Waals surface area contributed by atoms with Crippen LogP contribution in [0.5, 0.6) is 0 Å². The topological polar surface area (TPSA) is 107 Å². The van der Waals surface area contributed by atoms with Crippen LogP contribution in [-0.4, -0.2) is 46.9 Å². The molecule has 7 heteroatoms. The fourth-order valence-corrected chi connectivity index (χ4v) is 4.27. The van der Waals surface area contributed by atoms with Crippen LogP contribution < -0.4 is 10.6 Å². The summed E-state index contributed by atoms with van der Waals surface area (Å²) in [7, 11) is 0.712. The lowest BCUT2D eigenvalue weighted by molar-refractivity contribution is -0.147. The minimum atomic E-state index is -1.35. The molecule has 1 saturated carbocycles. The van der Waals surface area contributed by atoms with E-state index >= 15 is 0 Å². The Kier molecular flexibility index (Phi) is 6.28. The molecule has 0 aliphatic heterocycles. The normalized spacial score (nSPS) is 21.0. The number of benzene rings is 2.